The molecule has 10 heteroatoms. The van der Waals surface area contributed by atoms with E-state index in [2.05, 4.69) is 24.0 Å². The van der Waals surface area contributed by atoms with Gasteiger partial charge in [0.15, 0.2) is 0 Å². The van der Waals surface area contributed by atoms with Gasteiger partial charge in [0.05, 0.1) is 11.5 Å². The Bertz CT molecular complexity index is 1420. The number of fused-ring (bicyclic) bond motifs is 3. The van der Waals surface area contributed by atoms with E-state index in [-0.39, 0.29) is 5.69 Å². The maximum atomic E-state index is 11.3. The Hall–Kier alpha value is -3.56. The number of thiophene rings is 1. The first kappa shape index (κ1) is 21.3. The maximum Gasteiger partial charge on any atom is 0.269 e. The summed E-state index contributed by atoms with van der Waals surface area (Å²) in [6.07, 6.45) is 0. The van der Waals surface area contributed by atoms with Gasteiger partial charge in [-0.15, -0.1) is 21.5 Å². The number of halogens is 1. The highest BCUT2D eigenvalue weighted by Crippen LogP contribution is 2.38. The molecule has 8 nitrogen and oxygen atoms in total. The minimum absolute atomic E-state index is 0.0347. The summed E-state index contributed by atoms with van der Waals surface area (Å²) in [6, 6.07) is 14.1. The van der Waals surface area contributed by atoms with Crippen molar-refractivity contribution in [2.75, 3.05) is 5.01 Å². The third kappa shape index (κ3) is 3.69. The molecule has 0 radical (unpaired) electrons. The Balaban J connectivity index is 1.73. The molecule has 166 valence electrons. The van der Waals surface area contributed by atoms with Gasteiger partial charge in [-0.05, 0) is 44.0 Å². The van der Waals surface area contributed by atoms with Gasteiger partial charge in [-0.25, -0.2) is 5.01 Å². The topological polar surface area (TPSA) is 89.4 Å². The first-order chi connectivity index (χ1) is 15.8. The van der Waals surface area contributed by atoms with Crippen LogP contribution in [0.4, 0.5) is 11.6 Å². The third-order valence-electron chi connectivity index (χ3n) is 5.64. The highest BCUT2D eigenvalue weighted by atomic mass is 35.5. The third-order valence-corrected chi connectivity index (χ3v) is 7.08. The maximum absolute atomic E-state index is 11.3. The van der Waals surface area contributed by atoms with Crippen molar-refractivity contribution in [3.63, 3.8) is 0 Å². The molecule has 0 aliphatic carbocycles. The molecule has 0 N–H and O–H groups in total. The Morgan fingerprint density at radius 1 is 1.09 bits per heavy atom. The quantitative estimate of drug-likeness (QED) is 0.282. The van der Waals surface area contributed by atoms with Gasteiger partial charge in [0, 0.05) is 33.2 Å². The number of benzene rings is 2. The van der Waals surface area contributed by atoms with Crippen molar-refractivity contribution >= 4 is 40.3 Å². The van der Waals surface area contributed by atoms with Gasteiger partial charge in [-0.3, -0.25) is 14.7 Å². The zero-order chi connectivity index (χ0) is 23.3. The largest absolute Gasteiger partial charge is 0.269 e. The molecule has 2 aromatic carbocycles. The van der Waals surface area contributed by atoms with Gasteiger partial charge < -0.3 is 0 Å². The summed E-state index contributed by atoms with van der Waals surface area (Å²) in [5.41, 5.74) is 4.65. The van der Waals surface area contributed by atoms with Gasteiger partial charge in [0.2, 0.25) is 0 Å². The first-order valence-corrected chi connectivity index (χ1v) is 11.4. The summed E-state index contributed by atoms with van der Waals surface area (Å²) >= 11 is 7.81. The van der Waals surface area contributed by atoms with Crippen molar-refractivity contribution < 1.29 is 4.92 Å². The molecule has 1 aliphatic rings. The van der Waals surface area contributed by atoms with E-state index in [1.165, 1.54) is 10.9 Å². The highest BCUT2D eigenvalue weighted by Gasteiger charge is 2.30. The van der Waals surface area contributed by atoms with Crippen molar-refractivity contribution in [1.82, 2.24) is 14.8 Å². The standard InChI is InChI=1S/C23H19ClN6O2S/c1-13-14(2)33-22-20(13)21(17-7-9-18(24)10-8-17)27-28(23-26-25-15(3)29(22)23)12-16-5-4-6-19(11-16)30(31)32/h4-11H,12H2,1-3H3. The van der Waals surface area contributed by atoms with Gasteiger partial charge in [0.1, 0.15) is 16.5 Å². The molecule has 5 rings (SSSR count). The van der Waals surface area contributed by atoms with Crippen LogP contribution >= 0.6 is 22.9 Å². The van der Waals surface area contributed by atoms with Crippen LogP contribution in [0.5, 0.6) is 0 Å². The number of hydrazone groups is 1. The molecule has 0 fully saturated rings. The SMILES string of the molecule is Cc1sc2c(c1C)C(c1ccc(Cl)cc1)=NN(Cc1cccc([N+](=O)[O-])c1)c1nnc(C)n1-2. The fraction of sp³-hybridized carbons (Fsp3) is 0.174. The van der Waals surface area contributed by atoms with Gasteiger partial charge in [-0.2, -0.15) is 5.10 Å². The predicted molar refractivity (Wildman–Crippen MR) is 130 cm³/mol. The summed E-state index contributed by atoms with van der Waals surface area (Å²) < 4.78 is 2.00. The van der Waals surface area contributed by atoms with Gasteiger partial charge in [-0.1, -0.05) is 35.9 Å². The minimum atomic E-state index is -0.398. The molecule has 0 amide bonds. The second-order valence-electron chi connectivity index (χ2n) is 7.79. The van der Waals surface area contributed by atoms with Crippen LogP contribution < -0.4 is 5.01 Å². The first-order valence-electron chi connectivity index (χ1n) is 10.2. The lowest BCUT2D eigenvalue weighted by atomic mass is 10.00. The zero-order valence-corrected chi connectivity index (χ0v) is 19.7. The van der Waals surface area contributed by atoms with Crippen molar-refractivity contribution in [1.29, 1.82) is 0 Å². The van der Waals surface area contributed by atoms with Crippen LogP contribution in [0.15, 0.2) is 53.6 Å². The average Bonchev–Trinajstić information content (AvgIpc) is 3.27. The molecule has 0 spiro atoms. The Kier molecular flexibility index (Phi) is 5.22. The lowest BCUT2D eigenvalue weighted by molar-refractivity contribution is -0.384. The molecule has 0 bridgehead atoms. The van der Waals surface area contributed by atoms with Crippen molar-refractivity contribution in [3.05, 3.63) is 96.6 Å². The number of nitro benzene ring substituents is 1. The smallest absolute Gasteiger partial charge is 0.258 e. The molecule has 3 heterocycles. The molecule has 0 atom stereocenters. The fourth-order valence-corrected chi connectivity index (χ4v) is 5.20. The Morgan fingerprint density at radius 3 is 2.58 bits per heavy atom. The Labute approximate surface area is 198 Å². The van der Waals surface area contributed by atoms with Crippen LogP contribution in [0, 0.1) is 30.9 Å². The zero-order valence-electron chi connectivity index (χ0n) is 18.1. The van der Waals surface area contributed by atoms with Gasteiger partial charge in [0.25, 0.3) is 11.6 Å². The molecule has 0 saturated heterocycles. The number of nitrogens with zero attached hydrogens (tertiary/aromatic N) is 6. The van der Waals surface area contributed by atoms with Crippen LogP contribution in [0.1, 0.15) is 33.0 Å². The molecule has 2 aromatic heterocycles. The number of anilines is 1. The lowest BCUT2D eigenvalue weighted by Crippen LogP contribution is -2.20. The molecule has 33 heavy (non-hydrogen) atoms. The molecule has 4 aromatic rings. The fourth-order valence-electron chi connectivity index (χ4n) is 3.87. The number of nitro groups is 1. The molecule has 0 saturated carbocycles. The van der Waals surface area contributed by atoms with E-state index in [4.69, 9.17) is 16.7 Å². The molecular formula is C23H19ClN6O2S. The van der Waals surface area contributed by atoms with E-state index >= 15 is 0 Å². The van der Waals surface area contributed by atoms with Crippen LogP contribution in [0.2, 0.25) is 5.02 Å². The lowest BCUT2D eigenvalue weighted by Gasteiger charge is -2.18. The number of aryl methyl sites for hydroxylation is 2. The van der Waals surface area contributed by atoms with Crippen LogP contribution in [-0.2, 0) is 6.54 Å². The summed E-state index contributed by atoms with van der Waals surface area (Å²) in [5, 5.41) is 28.4. The van der Waals surface area contributed by atoms with E-state index in [0.29, 0.717) is 17.5 Å². The van der Waals surface area contributed by atoms with Crippen LogP contribution in [-0.4, -0.2) is 25.4 Å². The summed E-state index contributed by atoms with van der Waals surface area (Å²) in [6.45, 7) is 6.38. The number of rotatable bonds is 4. The monoisotopic (exact) mass is 478 g/mol. The van der Waals surface area contributed by atoms with Crippen molar-refractivity contribution in [3.8, 4) is 5.00 Å². The second kappa shape index (κ2) is 8.09. The van der Waals surface area contributed by atoms with E-state index in [0.717, 1.165) is 38.8 Å². The highest BCUT2D eigenvalue weighted by molar-refractivity contribution is 7.15. The molecular weight excluding hydrogens is 460 g/mol. The number of aromatic nitrogens is 3. The van der Waals surface area contributed by atoms with Crippen molar-refractivity contribution in [2.45, 2.75) is 27.3 Å². The van der Waals surface area contributed by atoms with Crippen molar-refractivity contribution in [2.24, 2.45) is 5.10 Å². The summed E-state index contributed by atoms with van der Waals surface area (Å²) in [7, 11) is 0. The van der Waals surface area contributed by atoms with E-state index < -0.39 is 4.92 Å². The number of hydrogen-bond acceptors (Lipinski definition) is 7. The summed E-state index contributed by atoms with van der Waals surface area (Å²) in [5.74, 6) is 1.30. The molecule has 1 aliphatic heterocycles. The van der Waals surface area contributed by atoms with E-state index in [1.54, 1.807) is 28.5 Å². The van der Waals surface area contributed by atoms with Gasteiger partial charge >= 0.3 is 0 Å². The molecule has 0 unspecified atom stereocenters. The normalized spacial score (nSPS) is 12.7. The van der Waals surface area contributed by atoms with Crippen LogP contribution in [0.3, 0.4) is 0 Å². The Morgan fingerprint density at radius 2 is 1.85 bits per heavy atom. The number of non-ortho nitro benzene ring substituents is 1. The van der Waals surface area contributed by atoms with E-state index in [9.17, 15) is 10.1 Å². The average molecular weight is 479 g/mol. The van der Waals surface area contributed by atoms with E-state index in [1.807, 2.05) is 41.8 Å². The number of hydrogen-bond donors (Lipinski definition) is 0. The second-order valence-corrected chi connectivity index (χ2v) is 9.43. The van der Waals surface area contributed by atoms with Crippen LogP contribution in [0.25, 0.3) is 5.00 Å². The summed E-state index contributed by atoms with van der Waals surface area (Å²) in [4.78, 5) is 12.1. The predicted octanol–water partition coefficient (Wildman–Crippen LogP) is 5.59. The minimum Gasteiger partial charge on any atom is -0.258 e.